The number of hydrogen-bond donors (Lipinski definition) is 1. The molecule has 1 aromatic rings. The summed E-state index contributed by atoms with van der Waals surface area (Å²) in [7, 11) is 4.07. The zero-order valence-electron chi connectivity index (χ0n) is 11.2. The molecule has 0 spiro atoms. The zero-order valence-corrected chi connectivity index (χ0v) is 11.2. The van der Waals surface area contributed by atoms with Gasteiger partial charge in [-0.05, 0) is 46.5 Å². The van der Waals surface area contributed by atoms with E-state index in [2.05, 4.69) is 28.2 Å². The SMILES string of the molecule is Cc1cc(C)c(C#N)c(NCC(C)N(C)C)n1. The molecule has 0 fully saturated rings. The average molecular weight is 232 g/mol. The predicted molar refractivity (Wildman–Crippen MR) is 70.1 cm³/mol. The number of nitrogens with zero attached hydrogens (tertiary/aromatic N) is 3. The maximum absolute atomic E-state index is 9.12. The first-order valence-electron chi connectivity index (χ1n) is 5.74. The van der Waals surface area contributed by atoms with Gasteiger partial charge in [0.05, 0.1) is 5.56 Å². The summed E-state index contributed by atoms with van der Waals surface area (Å²) in [6.45, 7) is 6.78. The molecule has 0 radical (unpaired) electrons. The summed E-state index contributed by atoms with van der Waals surface area (Å²) in [5.41, 5.74) is 2.54. The van der Waals surface area contributed by atoms with Crippen molar-refractivity contribution in [1.29, 1.82) is 5.26 Å². The van der Waals surface area contributed by atoms with Gasteiger partial charge in [0.25, 0.3) is 0 Å². The highest BCUT2D eigenvalue weighted by atomic mass is 15.1. The Kier molecular flexibility index (Phi) is 4.47. The summed E-state index contributed by atoms with van der Waals surface area (Å²) in [4.78, 5) is 6.51. The van der Waals surface area contributed by atoms with Crippen LogP contribution in [0.2, 0.25) is 0 Å². The van der Waals surface area contributed by atoms with Gasteiger partial charge >= 0.3 is 0 Å². The Hall–Kier alpha value is -1.60. The second-order valence-corrected chi connectivity index (χ2v) is 4.61. The molecule has 0 aliphatic carbocycles. The van der Waals surface area contributed by atoms with Crippen LogP contribution in [-0.4, -0.2) is 36.6 Å². The highest BCUT2D eigenvalue weighted by molar-refractivity contribution is 5.56. The molecule has 17 heavy (non-hydrogen) atoms. The summed E-state index contributed by atoms with van der Waals surface area (Å²) in [5.74, 6) is 0.693. The van der Waals surface area contributed by atoms with Gasteiger partial charge < -0.3 is 10.2 Å². The van der Waals surface area contributed by atoms with Crippen molar-refractivity contribution in [2.24, 2.45) is 0 Å². The molecule has 0 aliphatic rings. The lowest BCUT2D eigenvalue weighted by molar-refractivity contribution is 0.326. The number of aryl methyl sites for hydroxylation is 2. The van der Waals surface area contributed by atoms with E-state index in [0.717, 1.165) is 17.8 Å². The van der Waals surface area contributed by atoms with Crippen LogP contribution in [0.3, 0.4) is 0 Å². The van der Waals surface area contributed by atoms with Gasteiger partial charge in [-0.2, -0.15) is 5.26 Å². The van der Waals surface area contributed by atoms with E-state index >= 15 is 0 Å². The minimum Gasteiger partial charge on any atom is -0.367 e. The number of likely N-dealkylation sites (N-methyl/N-ethyl adjacent to an activating group) is 1. The van der Waals surface area contributed by atoms with Crippen LogP contribution in [0, 0.1) is 25.2 Å². The van der Waals surface area contributed by atoms with E-state index in [1.54, 1.807) is 0 Å². The molecule has 1 aromatic heterocycles. The molecule has 4 heteroatoms. The van der Waals surface area contributed by atoms with E-state index in [1.807, 2.05) is 34.0 Å². The number of aromatic nitrogens is 1. The van der Waals surface area contributed by atoms with Crippen molar-refractivity contribution < 1.29 is 0 Å². The van der Waals surface area contributed by atoms with Crippen LogP contribution in [0.25, 0.3) is 0 Å². The van der Waals surface area contributed by atoms with Crippen LogP contribution < -0.4 is 5.32 Å². The van der Waals surface area contributed by atoms with Crippen LogP contribution in [-0.2, 0) is 0 Å². The molecular weight excluding hydrogens is 212 g/mol. The molecule has 0 bridgehead atoms. The van der Waals surface area contributed by atoms with Crippen molar-refractivity contribution >= 4 is 5.82 Å². The van der Waals surface area contributed by atoms with Crippen molar-refractivity contribution in [3.05, 3.63) is 22.9 Å². The lowest BCUT2D eigenvalue weighted by Gasteiger charge is -2.21. The van der Waals surface area contributed by atoms with E-state index in [9.17, 15) is 0 Å². The van der Waals surface area contributed by atoms with Crippen molar-refractivity contribution in [3.8, 4) is 6.07 Å². The minimum absolute atomic E-state index is 0.393. The van der Waals surface area contributed by atoms with Crippen LogP contribution in [0.4, 0.5) is 5.82 Å². The second-order valence-electron chi connectivity index (χ2n) is 4.61. The Bertz CT molecular complexity index is 432. The molecule has 1 N–H and O–H groups in total. The van der Waals surface area contributed by atoms with Crippen molar-refractivity contribution in [2.45, 2.75) is 26.8 Å². The Balaban J connectivity index is 2.88. The number of hydrogen-bond acceptors (Lipinski definition) is 4. The van der Waals surface area contributed by atoms with E-state index < -0.39 is 0 Å². The summed E-state index contributed by atoms with van der Waals surface area (Å²) < 4.78 is 0. The predicted octanol–water partition coefficient (Wildman–Crippen LogP) is 1.93. The van der Waals surface area contributed by atoms with Gasteiger partial charge in [-0.3, -0.25) is 0 Å². The molecule has 1 unspecified atom stereocenters. The molecule has 0 aliphatic heterocycles. The first-order chi connectivity index (χ1) is 7.95. The third-order valence-corrected chi connectivity index (χ3v) is 2.90. The fourth-order valence-electron chi connectivity index (χ4n) is 1.53. The van der Waals surface area contributed by atoms with Crippen LogP contribution in [0.15, 0.2) is 6.07 Å². The maximum atomic E-state index is 9.12. The Labute approximate surface area is 103 Å². The third kappa shape index (κ3) is 3.43. The smallest absolute Gasteiger partial charge is 0.144 e. The topological polar surface area (TPSA) is 52.0 Å². The van der Waals surface area contributed by atoms with Gasteiger partial charge in [0, 0.05) is 18.3 Å². The summed E-state index contributed by atoms with van der Waals surface area (Å²) >= 11 is 0. The van der Waals surface area contributed by atoms with E-state index in [-0.39, 0.29) is 0 Å². The lowest BCUT2D eigenvalue weighted by Crippen LogP contribution is -2.31. The minimum atomic E-state index is 0.393. The van der Waals surface area contributed by atoms with Gasteiger partial charge in [-0.1, -0.05) is 0 Å². The molecule has 0 aromatic carbocycles. The molecule has 92 valence electrons. The molecule has 0 amide bonds. The first kappa shape index (κ1) is 13.5. The van der Waals surface area contributed by atoms with E-state index in [4.69, 9.17) is 5.26 Å². The van der Waals surface area contributed by atoms with Gasteiger partial charge in [-0.15, -0.1) is 0 Å². The van der Waals surface area contributed by atoms with E-state index in [0.29, 0.717) is 17.4 Å². The van der Waals surface area contributed by atoms with Crippen molar-refractivity contribution in [2.75, 3.05) is 26.0 Å². The fourth-order valence-corrected chi connectivity index (χ4v) is 1.53. The van der Waals surface area contributed by atoms with Crippen LogP contribution >= 0.6 is 0 Å². The monoisotopic (exact) mass is 232 g/mol. The zero-order chi connectivity index (χ0) is 13.0. The number of rotatable bonds is 4. The molecule has 0 saturated carbocycles. The molecule has 0 saturated heterocycles. The standard InChI is InChI=1S/C13H20N4/c1-9-6-10(2)16-13(12(9)7-14)15-8-11(3)17(4)5/h6,11H,8H2,1-5H3,(H,15,16). The fraction of sp³-hybridized carbons (Fsp3) is 0.538. The molecule has 4 nitrogen and oxygen atoms in total. The number of nitrogens with one attached hydrogen (secondary N) is 1. The maximum Gasteiger partial charge on any atom is 0.144 e. The van der Waals surface area contributed by atoms with Gasteiger partial charge in [0.1, 0.15) is 11.9 Å². The summed E-state index contributed by atoms with van der Waals surface area (Å²) in [6.07, 6.45) is 0. The normalized spacial score (nSPS) is 12.3. The summed E-state index contributed by atoms with van der Waals surface area (Å²) in [5, 5.41) is 12.4. The highest BCUT2D eigenvalue weighted by Crippen LogP contribution is 2.17. The first-order valence-corrected chi connectivity index (χ1v) is 5.74. The Morgan fingerprint density at radius 1 is 1.47 bits per heavy atom. The van der Waals surface area contributed by atoms with Crippen LogP contribution in [0.5, 0.6) is 0 Å². The Morgan fingerprint density at radius 3 is 2.65 bits per heavy atom. The van der Waals surface area contributed by atoms with Gasteiger partial charge in [-0.25, -0.2) is 4.98 Å². The molecule has 1 atom stereocenters. The van der Waals surface area contributed by atoms with Crippen LogP contribution in [0.1, 0.15) is 23.7 Å². The van der Waals surface area contributed by atoms with Gasteiger partial charge in [0.15, 0.2) is 0 Å². The molecular formula is C13H20N4. The Morgan fingerprint density at radius 2 is 2.12 bits per heavy atom. The second kappa shape index (κ2) is 5.65. The number of pyridine rings is 1. The summed E-state index contributed by atoms with van der Waals surface area (Å²) in [6, 6.07) is 4.53. The van der Waals surface area contributed by atoms with Crippen molar-refractivity contribution in [1.82, 2.24) is 9.88 Å². The van der Waals surface area contributed by atoms with E-state index in [1.165, 1.54) is 0 Å². The molecule has 1 rings (SSSR count). The lowest BCUT2D eigenvalue weighted by atomic mass is 10.1. The number of anilines is 1. The third-order valence-electron chi connectivity index (χ3n) is 2.90. The molecule has 1 heterocycles. The van der Waals surface area contributed by atoms with Gasteiger partial charge in [0.2, 0.25) is 0 Å². The largest absolute Gasteiger partial charge is 0.367 e. The van der Waals surface area contributed by atoms with Crippen molar-refractivity contribution in [3.63, 3.8) is 0 Å². The number of nitriles is 1. The highest BCUT2D eigenvalue weighted by Gasteiger charge is 2.10. The quantitative estimate of drug-likeness (QED) is 0.862. The average Bonchev–Trinajstić information content (AvgIpc) is 2.24.